The van der Waals surface area contributed by atoms with Gasteiger partial charge in [0.1, 0.15) is 17.3 Å². The third-order valence-corrected chi connectivity index (χ3v) is 7.81. The topological polar surface area (TPSA) is 70.8 Å². The van der Waals surface area contributed by atoms with Gasteiger partial charge in [-0.15, -0.1) is 0 Å². The summed E-state index contributed by atoms with van der Waals surface area (Å²) in [7, 11) is 1.46. The number of ether oxygens (including phenoxy) is 1. The molecule has 0 spiro atoms. The molecule has 0 bridgehead atoms. The predicted octanol–water partition coefficient (Wildman–Crippen LogP) is 5.48. The van der Waals surface area contributed by atoms with Crippen LogP contribution in [0.1, 0.15) is 33.7 Å². The van der Waals surface area contributed by atoms with E-state index in [2.05, 4.69) is 10.00 Å². The Bertz CT molecular complexity index is 1630. The van der Waals surface area contributed by atoms with Crippen molar-refractivity contribution in [2.45, 2.75) is 31.7 Å². The fourth-order valence-corrected chi connectivity index (χ4v) is 5.76. The number of amides is 1. The molecule has 11 heteroatoms. The fraction of sp³-hybridized carbons (Fsp3) is 0.290. The zero-order valence-corrected chi connectivity index (χ0v) is 22.7. The first-order valence-corrected chi connectivity index (χ1v) is 13.6. The van der Waals surface area contributed by atoms with Gasteiger partial charge in [-0.3, -0.25) is 9.69 Å². The summed E-state index contributed by atoms with van der Waals surface area (Å²) in [5, 5.41) is 13.7. The molecule has 0 saturated carbocycles. The van der Waals surface area contributed by atoms with Gasteiger partial charge < -0.3 is 14.7 Å². The lowest BCUT2D eigenvalue weighted by Crippen LogP contribution is -2.39. The van der Waals surface area contributed by atoms with Crippen molar-refractivity contribution in [1.29, 1.82) is 0 Å². The highest BCUT2D eigenvalue weighted by Gasteiger charge is 2.43. The molecule has 7 nitrogen and oxygen atoms in total. The van der Waals surface area contributed by atoms with Crippen molar-refractivity contribution in [2.24, 2.45) is 0 Å². The molecule has 1 atom stereocenters. The highest BCUT2D eigenvalue weighted by Crippen LogP contribution is 2.38. The molecule has 0 aliphatic carbocycles. The van der Waals surface area contributed by atoms with E-state index in [1.807, 2.05) is 24.3 Å². The molecule has 1 amide bonds. The smallest absolute Gasteiger partial charge is 0.435 e. The summed E-state index contributed by atoms with van der Waals surface area (Å²) < 4.78 is 63.6. The molecule has 4 aromatic rings. The molecule has 0 radical (unpaired) electrons. The minimum absolute atomic E-state index is 0.0226. The van der Waals surface area contributed by atoms with Gasteiger partial charge >= 0.3 is 6.18 Å². The van der Waals surface area contributed by atoms with Crippen molar-refractivity contribution in [3.8, 4) is 22.6 Å². The van der Waals surface area contributed by atoms with Crippen molar-refractivity contribution < 1.29 is 32.2 Å². The van der Waals surface area contributed by atoms with Gasteiger partial charge in [0.05, 0.1) is 24.6 Å². The molecular formula is C31H28F4N4O3. The number of alkyl halides is 3. The van der Waals surface area contributed by atoms with Gasteiger partial charge in [-0.2, -0.15) is 18.3 Å². The molecule has 6 rings (SSSR count). The standard InChI is InChI=1S/C31H28F4N4O3/c1-42-23-9-7-21(8-10-23)39-28-25(29(36-39)31(33,34)35)13-15-38(30(28)41)27-11-6-19(16-26(27)32)24-5-3-2-4-20(24)17-37-14-12-22(40)18-37/h2-11,16,22,40H,12-15,17-18H2,1H3. The van der Waals surface area contributed by atoms with Crippen molar-refractivity contribution in [2.75, 3.05) is 31.6 Å². The Morgan fingerprint density at radius 2 is 1.81 bits per heavy atom. The number of hydrogen-bond acceptors (Lipinski definition) is 5. The first kappa shape index (κ1) is 27.9. The number of carbonyl (C=O) groups is 1. The monoisotopic (exact) mass is 580 g/mol. The number of methoxy groups -OCH3 is 1. The maximum Gasteiger partial charge on any atom is 0.435 e. The molecule has 1 saturated heterocycles. The van der Waals surface area contributed by atoms with Crippen molar-refractivity contribution in [3.05, 3.63) is 95.1 Å². The number of fused-ring (bicyclic) bond motifs is 1. The van der Waals surface area contributed by atoms with Crippen molar-refractivity contribution >= 4 is 11.6 Å². The van der Waals surface area contributed by atoms with Gasteiger partial charge in [0.15, 0.2) is 5.69 Å². The van der Waals surface area contributed by atoms with E-state index in [4.69, 9.17) is 4.74 Å². The van der Waals surface area contributed by atoms with Crippen LogP contribution < -0.4 is 9.64 Å². The van der Waals surface area contributed by atoms with Crippen molar-refractivity contribution in [1.82, 2.24) is 14.7 Å². The lowest BCUT2D eigenvalue weighted by Gasteiger charge is -2.28. The summed E-state index contributed by atoms with van der Waals surface area (Å²) >= 11 is 0. The van der Waals surface area contributed by atoms with E-state index in [9.17, 15) is 23.1 Å². The predicted molar refractivity (Wildman–Crippen MR) is 148 cm³/mol. The third kappa shape index (κ3) is 5.14. The molecule has 2 aliphatic heterocycles. The molecule has 3 aromatic carbocycles. The Morgan fingerprint density at radius 3 is 2.48 bits per heavy atom. The Kier molecular flexibility index (Phi) is 7.24. The minimum Gasteiger partial charge on any atom is -0.497 e. The highest BCUT2D eigenvalue weighted by atomic mass is 19.4. The zero-order valence-electron chi connectivity index (χ0n) is 22.7. The maximum absolute atomic E-state index is 15.7. The van der Waals surface area contributed by atoms with E-state index < -0.39 is 23.6 Å². The summed E-state index contributed by atoms with van der Waals surface area (Å²) in [5.41, 5.74) is 1.04. The molecule has 2 aliphatic rings. The highest BCUT2D eigenvalue weighted by molar-refractivity contribution is 6.07. The number of rotatable bonds is 6. The summed E-state index contributed by atoms with van der Waals surface area (Å²) in [6.45, 7) is 1.81. The average molecular weight is 581 g/mol. The number of hydrogen-bond donors (Lipinski definition) is 1. The number of carbonyl (C=O) groups excluding carboxylic acids is 1. The van der Waals surface area contributed by atoms with Gasteiger partial charge in [-0.1, -0.05) is 30.3 Å². The number of likely N-dealkylation sites (tertiary alicyclic amines) is 1. The number of anilines is 1. The lowest BCUT2D eigenvalue weighted by molar-refractivity contribution is -0.141. The van der Waals surface area contributed by atoms with Crippen LogP contribution in [0.4, 0.5) is 23.2 Å². The normalized spacial score (nSPS) is 17.5. The number of benzene rings is 3. The first-order chi connectivity index (χ1) is 20.1. The average Bonchev–Trinajstić information content (AvgIpc) is 3.58. The third-order valence-electron chi connectivity index (χ3n) is 7.81. The Balaban J connectivity index is 1.34. The van der Waals surface area contributed by atoms with Crippen LogP contribution in [-0.4, -0.2) is 58.5 Å². The number of β-amino-alcohol motifs (C(OH)–C–C–N with tert-alkyl or cyclic N) is 1. The largest absolute Gasteiger partial charge is 0.497 e. The molecular weight excluding hydrogens is 552 g/mol. The molecule has 3 heterocycles. The molecule has 1 aromatic heterocycles. The number of aliphatic hydroxyl groups excluding tert-OH is 1. The van der Waals surface area contributed by atoms with Crippen LogP contribution in [0.5, 0.6) is 5.75 Å². The SMILES string of the molecule is COc1ccc(-n2nc(C(F)(F)F)c3c2C(=O)N(c2ccc(-c4ccccc4CN4CCC(O)C4)cc2F)CC3)cc1. The second-order valence-corrected chi connectivity index (χ2v) is 10.5. The molecule has 42 heavy (non-hydrogen) atoms. The van der Waals surface area contributed by atoms with E-state index in [0.717, 1.165) is 22.4 Å². The van der Waals surface area contributed by atoms with E-state index in [1.54, 1.807) is 18.2 Å². The summed E-state index contributed by atoms with van der Waals surface area (Å²) in [5.74, 6) is -0.942. The summed E-state index contributed by atoms with van der Waals surface area (Å²) in [6, 6.07) is 18.3. The van der Waals surface area contributed by atoms with Gasteiger partial charge in [0.25, 0.3) is 5.91 Å². The van der Waals surface area contributed by atoms with Gasteiger partial charge in [-0.05, 0) is 65.9 Å². The zero-order chi connectivity index (χ0) is 29.6. The first-order valence-electron chi connectivity index (χ1n) is 13.6. The van der Waals surface area contributed by atoms with Gasteiger partial charge in [0.2, 0.25) is 0 Å². The number of halogens is 4. The fourth-order valence-electron chi connectivity index (χ4n) is 5.76. The Labute approximate surface area is 239 Å². The van der Waals surface area contributed by atoms with Crippen LogP contribution in [0.25, 0.3) is 16.8 Å². The van der Waals surface area contributed by atoms with E-state index in [-0.39, 0.29) is 41.7 Å². The minimum atomic E-state index is -4.77. The molecule has 1 unspecified atom stereocenters. The second-order valence-electron chi connectivity index (χ2n) is 10.5. The quantitative estimate of drug-likeness (QED) is 0.306. The van der Waals surface area contributed by atoms with Crippen LogP contribution in [0.3, 0.4) is 0 Å². The van der Waals surface area contributed by atoms with Gasteiger partial charge in [0, 0.05) is 31.7 Å². The van der Waals surface area contributed by atoms with E-state index >= 15 is 4.39 Å². The molecule has 1 fully saturated rings. The lowest BCUT2D eigenvalue weighted by atomic mass is 9.98. The molecule has 1 N–H and O–H groups in total. The second kappa shape index (κ2) is 10.9. The Hall–Kier alpha value is -4.22. The number of aromatic nitrogens is 2. The number of nitrogens with zero attached hydrogens (tertiary/aromatic N) is 4. The van der Waals surface area contributed by atoms with E-state index in [0.29, 0.717) is 30.8 Å². The summed E-state index contributed by atoms with van der Waals surface area (Å²) in [4.78, 5) is 17.0. The molecule has 218 valence electrons. The van der Waals surface area contributed by atoms with Crippen molar-refractivity contribution in [3.63, 3.8) is 0 Å². The van der Waals surface area contributed by atoms with Gasteiger partial charge in [-0.25, -0.2) is 9.07 Å². The maximum atomic E-state index is 15.7. The van der Waals surface area contributed by atoms with Crippen LogP contribution in [0, 0.1) is 5.82 Å². The van der Waals surface area contributed by atoms with E-state index in [1.165, 1.54) is 36.3 Å². The van der Waals surface area contributed by atoms with Crippen LogP contribution in [-0.2, 0) is 19.1 Å². The number of aliphatic hydroxyl groups is 1. The van der Waals surface area contributed by atoms with Crippen LogP contribution in [0.15, 0.2) is 66.7 Å². The van der Waals surface area contributed by atoms with Crippen LogP contribution >= 0.6 is 0 Å². The summed E-state index contributed by atoms with van der Waals surface area (Å²) in [6.07, 6.45) is -4.56. The Morgan fingerprint density at radius 1 is 1.05 bits per heavy atom. The van der Waals surface area contributed by atoms with Crippen LogP contribution in [0.2, 0.25) is 0 Å².